The summed E-state index contributed by atoms with van der Waals surface area (Å²) in [5.74, 6) is -0.190. The van der Waals surface area contributed by atoms with Gasteiger partial charge < -0.3 is 20.2 Å². The van der Waals surface area contributed by atoms with E-state index in [1.807, 2.05) is 0 Å². The molecule has 0 fully saturated rings. The highest BCUT2D eigenvalue weighted by atomic mass is 31.2. The molecule has 0 saturated carbocycles. The van der Waals surface area contributed by atoms with Gasteiger partial charge in [-0.05, 0) is 12.8 Å². The van der Waals surface area contributed by atoms with Gasteiger partial charge in [0.15, 0.2) is 0 Å². The Labute approximate surface area is 285 Å². The minimum atomic E-state index is -4.68. The number of phosphoric ester groups is 1. The lowest BCUT2D eigenvalue weighted by Crippen LogP contribution is -2.46. The Kier molecular flexibility index (Phi) is 34.1. The average molecular weight is 676 g/mol. The van der Waals surface area contributed by atoms with E-state index in [9.17, 15) is 14.5 Å². The molecule has 0 unspecified atom stereocenters. The molecule has 0 heterocycles. The van der Waals surface area contributed by atoms with Crippen LogP contribution in [0.2, 0.25) is 0 Å². The van der Waals surface area contributed by atoms with Crippen LogP contribution in [0.4, 0.5) is 0 Å². The fourth-order valence-corrected chi connectivity index (χ4v) is 6.64. The van der Waals surface area contributed by atoms with E-state index in [0.29, 0.717) is 12.8 Å². The van der Waals surface area contributed by atoms with Gasteiger partial charge in [-0.2, -0.15) is 0 Å². The number of rotatable bonds is 37. The van der Waals surface area contributed by atoms with Crippen molar-refractivity contribution in [2.24, 2.45) is 0 Å². The molecule has 0 aromatic heterocycles. The van der Waals surface area contributed by atoms with Crippen LogP contribution in [0, 0.1) is 0 Å². The predicted octanol–water partition coefficient (Wildman–Crippen LogP) is 11.5. The van der Waals surface area contributed by atoms with Crippen molar-refractivity contribution in [2.45, 2.75) is 231 Å². The molecule has 0 aliphatic rings. The zero-order valence-electron chi connectivity index (χ0n) is 30.5. The minimum absolute atomic E-state index is 0.190. The molecule has 0 aliphatic heterocycles. The third-order valence-electron chi connectivity index (χ3n) is 9.34. The summed E-state index contributed by atoms with van der Waals surface area (Å²) in [5, 5.41) is 13.5. The van der Waals surface area contributed by atoms with Crippen LogP contribution in [0.15, 0.2) is 0 Å². The van der Waals surface area contributed by atoms with Gasteiger partial charge in [0, 0.05) is 6.42 Å². The maximum absolute atomic E-state index is 12.6. The number of hydrogen-bond donors (Lipinski definition) is 4. The molecule has 4 N–H and O–H groups in total. The van der Waals surface area contributed by atoms with Crippen molar-refractivity contribution in [1.82, 2.24) is 5.32 Å². The summed E-state index contributed by atoms with van der Waals surface area (Å²) < 4.78 is 15.9. The average Bonchev–Trinajstić information content (AvgIpc) is 3.02. The number of unbranched alkanes of at least 4 members (excludes halogenated alkanes) is 28. The molecule has 2 atom stereocenters. The number of phosphoric acid groups is 1. The highest BCUT2D eigenvalue weighted by Crippen LogP contribution is 2.36. The van der Waals surface area contributed by atoms with Gasteiger partial charge in [-0.3, -0.25) is 9.32 Å². The van der Waals surface area contributed by atoms with Crippen LogP contribution in [0.5, 0.6) is 0 Å². The van der Waals surface area contributed by atoms with Gasteiger partial charge in [-0.25, -0.2) is 4.57 Å². The van der Waals surface area contributed by atoms with Crippen LogP contribution in [0.1, 0.15) is 219 Å². The molecule has 0 aromatic carbocycles. The van der Waals surface area contributed by atoms with E-state index in [0.717, 1.165) is 38.5 Å². The van der Waals surface area contributed by atoms with Gasteiger partial charge in [-0.15, -0.1) is 0 Å². The number of carbonyl (C=O) groups excluding carboxylic acids is 1. The summed E-state index contributed by atoms with van der Waals surface area (Å²) in [7, 11) is -4.68. The maximum Gasteiger partial charge on any atom is 0.469 e. The van der Waals surface area contributed by atoms with Gasteiger partial charge in [0.1, 0.15) is 0 Å². The van der Waals surface area contributed by atoms with Gasteiger partial charge >= 0.3 is 7.82 Å². The SMILES string of the molecule is CCCCCCCCCCCCCCCCCCCCCC(=O)N[C@@H](COP(=O)(O)O)[C@H](O)CCCCCCCCCCCCC. The maximum atomic E-state index is 12.6. The smallest absolute Gasteiger partial charge is 0.391 e. The summed E-state index contributed by atoms with van der Waals surface area (Å²) in [4.78, 5) is 30.8. The highest BCUT2D eigenvalue weighted by Gasteiger charge is 2.25. The van der Waals surface area contributed by atoms with Crippen LogP contribution in [-0.2, 0) is 13.9 Å². The zero-order valence-corrected chi connectivity index (χ0v) is 31.4. The monoisotopic (exact) mass is 676 g/mol. The lowest BCUT2D eigenvalue weighted by molar-refractivity contribution is -0.123. The third-order valence-corrected chi connectivity index (χ3v) is 9.83. The molecule has 0 rings (SSSR count). The minimum Gasteiger partial charge on any atom is -0.391 e. The van der Waals surface area contributed by atoms with Crippen LogP contribution in [0.3, 0.4) is 0 Å². The summed E-state index contributed by atoms with van der Waals surface area (Å²) in [6.45, 7) is 4.12. The van der Waals surface area contributed by atoms with Crippen LogP contribution in [-0.4, -0.2) is 39.6 Å². The Hall–Kier alpha value is -0.460. The number of carbonyl (C=O) groups is 1. The van der Waals surface area contributed by atoms with Crippen molar-refractivity contribution in [2.75, 3.05) is 6.61 Å². The van der Waals surface area contributed by atoms with Crippen molar-refractivity contribution in [3.8, 4) is 0 Å². The number of amides is 1. The number of nitrogens with one attached hydrogen (secondary N) is 1. The topological polar surface area (TPSA) is 116 Å². The number of aliphatic hydroxyl groups excluding tert-OH is 1. The highest BCUT2D eigenvalue weighted by molar-refractivity contribution is 7.46. The van der Waals surface area contributed by atoms with Gasteiger partial charge in [-0.1, -0.05) is 200 Å². The van der Waals surface area contributed by atoms with Crippen LogP contribution < -0.4 is 5.32 Å². The second-order valence-electron chi connectivity index (χ2n) is 14.0. The lowest BCUT2D eigenvalue weighted by atomic mass is 10.0. The number of aliphatic hydroxyl groups is 1. The summed E-state index contributed by atoms with van der Waals surface area (Å²) in [6.07, 6.45) is 38.0. The van der Waals surface area contributed by atoms with Crippen molar-refractivity contribution >= 4 is 13.7 Å². The molecule has 0 bridgehead atoms. The quantitative estimate of drug-likeness (QED) is 0.0385. The molecule has 46 heavy (non-hydrogen) atoms. The molecular weight excluding hydrogens is 597 g/mol. The second kappa shape index (κ2) is 34.4. The standard InChI is InChI=1S/C38H78NO6P/c1-3-5-7-9-11-13-15-16-17-18-19-20-21-22-24-26-28-30-32-34-38(41)39-36(35-45-46(42,43)44)37(40)33-31-29-27-25-23-14-12-10-8-6-4-2/h36-37,40H,3-35H2,1-2H3,(H,39,41)(H2,42,43,44)/t36-,37+/m0/s1. The van der Waals surface area contributed by atoms with E-state index in [-0.39, 0.29) is 5.91 Å². The molecular formula is C38H78NO6P. The van der Waals surface area contributed by atoms with E-state index in [1.165, 1.54) is 154 Å². The molecule has 0 spiro atoms. The Morgan fingerprint density at radius 2 is 0.848 bits per heavy atom. The number of hydrogen-bond acceptors (Lipinski definition) is 4. The molecule has 276 valence electrons. The second-order valence-corrected chi connectivity index (χ2v) is 15.2. The van der Waals surface area contributed by atoms with Gasteiger partial charge in [0.2, 0.25) is 5.91 Å². The van der Waals surface area contributed by atoms with Gasteiger partial charge in [0.05, 0.1) is 18.8 Å². The van der Waals surface area contributed by atoms with Crippen molar-refractivity contribution in [3.05, 3.63) is 0 Å². The third kappa shape index (κ3) is 34.9. The van der Waals surface area contributed by atoms with E-state index in [1.54, 1.807) is 0 Å². The fourth-order valence-electron chi connectivity index (χ4n) is 6.29. The summed E-state index contributed by atoms with van der Waals surface area (Å²) in [5.41, 5.74) is 0. The first-order valence-electron chi connectivity index (χ1n) is 20.0. The Morgan fingerprint density at radius 1 is 0.543 bits per heavy atom. The van der Waals surface area contributed by atoms with E-state index < -0.39 is 26.6 Å². The molecule has 0 aromatic rings. The molecule has 7 nitrogen and oxygen atoms in total. The fraction of sp³-hybridized carbons (Fsp3) is 0.974. The van der Waals surface area contributed by atoms with E-state index >= 15 is 0 Å². The molecule has 8 heteroatoms. The summed E-state index contributed by atoms with van der Waals surface area (Å²) >= 11 is 0. The van der Waals surface area contributed by atoms with Gasteiger partial charge in [0.25, 0.3) is 0 Å². The van der Waals surface area contributed by atoms with Crippen molar-refractivity contribution in [1.29, 1.82) is 0 Å². The first-order valence-corrected chi connectivity index (χ1v) is 21.5. The van der Waals surface area contributed by atoms with E-state index in [4.69, 9.17) is 9.79 Å². The molecule has 0 aliphatic carbocycles. The first-order chi connectivity index (χ1) is 22.3. The first kappa shape index (κ1) is 45.5. The molecule has 0 radical (unpaired) electrons. The zero-order chi connectivity index (χ0) is 34.0. The lowest BCUT2D eigenvalue weighted by Gasteiger charge is -2.24. The van der Waals surface area contributed by atoms with E-state index in [2.05, 4.69) is 23.7 Å². The van der Waals surface area contributed by atoms with Crippen molar-refractivity contribution in [3.63, 3.8) is 0 Å². The van der Waals surface area contributed by atoms with Crippen molar-refractivity contribution < 1.29 is 28.8 Å². The Bertz CT molecular complexity index is 688. The van der Waals surface area contributed by atoms with Crippen LogP contribution >= 0.6 is 7.82 Å². The normalized spacial score (nSPS) is 13.2. The molecule has 0 saturated heterocycles. The Balaban J connectivity index is 3.85. The Morgan fingerprint density at radius 3 is 1.17 bits per heavy atom. The van der Waals surface area contributed by atoms with Crippen LogP contribution in [0.25, 0.3) is 0 Å². The largest absolute Gasteiger partial charge is 0.469 e. The predicted molar refractivity (Wildman–Crippen MR) is 195 cm³/mol. The molecule has 1 amide bonds. The summed E-state index contributed by atoms with van der Waals surface area (Å²) in [6, 6.07) is -0.816.